The Bertz CT molecular complexity index is 158. The first-order chi connectivity index (χ1) is 8.74. The topological polar surface area (TPSA) is 12.0 Å². The predicted octanol–water partition coefficient (Wildman–Crippen LogP) is 2.70. The summed E-state index contributed by atoms with van der Waals surface area (Å²) in [6.07, 6.45) is 16.1. The summed E-state index contributed by atoms with van der Waals surface area (Å²) in [7, 11) is -0.636. The molecule has 4 heteroatoms. The lowest BCUT2D eigenvalue weighted by molar-refractivity contribution is -0.00000410. The van der Waals surface area contributed by atoms with Crippen molar-refractivity contribution >= 4 is 23.4 Å². The van der Waals surface area contributed by atoms with E-state index in [1.807, 2.05) is 0 Å². The van der Waals surface area contributed by atoms with Crippen molar-refractivity contribution in [2.75, 3.05) is 31.2 Å². The van der Waals surface area contributed by atoms with Gasteiger partial charge in [0.15, 0.2) is 0 Å². The van der Waals surface area contributed by atoms with Crippen molar-refractivity contribution in [3.05, 3.63) is 0 Å². The van der Waals surface area contributed by atoms with Crippen LogP contribution in [0, 0.1) is 0 Å². The van der Waals surface area contributed by atoms with Gasteiger partial charge in [0, 0.05) is 30.0 Å². The molecule has 0 atom stereocenters. The molecular weight excluding hydrogens is 385 g/mol. The zero-order chi connectivity index (χ0) is 13.7. The van der Waals surface area contributed by atoms with Crippen LogP contribution in [0.25, 0.3) is 0 Å². The minimum absolute atomic E-state index is 0. The van der Waals surface area contributed by atoms with Crippen molar-refractivity contribution in [3.63, 3.8) is 0 Å². The largest absolute Gasteiger partial charge is 1.00 e. The molecule has 0 amide bonds. The first-order valence-corrected chi connectivity index (χ1v) is 11.3. The van der Waals surface area contributed by atoms with Crippen molar-refractivity contribution in [1.82, 2.24) is 4.34 Å². The van der Waals surface area contributed by atoms with Gasteiger partial charge in [-0.25, -0.2) is 0 Å². The molecule has 0 saturated heterocycles. The summed E-state index contributed by atoms with van der Waals surface area (Å²) in [4.78, 5) is 0. The van der Waals surface area contributed by atoms with E-state index in [2.05, 4.69) is 41.3 Å². The van der Waals surface area contributed by atoms with Crippen LogP contribution in [-0.4, -0.2) is 31.2 Å². The Labute approximate surface area is 141 Å². The maximum absolute atomic E-state index is 3.34. The third-order valence-electron chi connectivity index (χ3n) is 3.86. The molecule has 0 bridgehead atoms. The number of hydrogen-bond acceptors (Lipinski definition) is 1. The van der Waals surface area contributed by atoms with Gasteiger partial charge < -0.3 is 17.0 Å². The smallest absolute Gasteiger partial charge is 0.0606 e. The van der Waals surface area contributed by atoms with E-state index in [-0.39, 0.29) is 17.0 Å². The number of unbranched alkanes of at least 4 members (excludes halogenated alkanes) is 3. The molecule has 118 valence electrons. The Morgan fingerprint density at radius 3 is 1.42 bits per heavy atom. The van der Waals surface area contributed by atoms with Crippen LogP contribution in [0.5, 0.6) is 0 Å². The van der Waals surface area contributed by atoms with Crippen LogP contribution >= 0.6 is 23.4 Å². The molecule has 0 aromatic rings. The SMILES string of the molecule is CCCC[P+](CCCC)(CCCC)CCCNBr.[Br-]. The molecule has 0 saturated carbocycles. The van der Waals surface area contributed by atoms with Gasteiger partial charge in [0.2, 0.25) is 0 Å². The fourth-order valence-corrected chi connectivity index (χ4v) is 8.04. The van der Waals surface area contributed by atoms with E-state index in [0.29, 0.717) is 0 Å². The minimum Gasteiger partial charge on any atom is -1.00 e. The van der Waals surface area contributed by atoms with E-state index < -0.39 is 7.26 Å². The molecular formula is C15H34Br2NP. The molecule has 0 aliphatic rings. The van der Waals surface area contributed by atoms with Gasteiger partial charge in [0.1, 0.15) is 0 Å². The number of nitrogens with one attached hydrogen (secondary N) is 1. The summed E-state index contributed by atoms with van der Waals surface area (Å²) < 4.78 is 3.14. The van der Waals surface area contributed by atoms with Gasteiger partial charge in [-0.05, 0) is 25.7 Å². The molecule has 1 N–H and O–H groups in total. The fraction of sp³-hybridized carbons (Fsp3) is 1.00. The number of rotatable bonds is 13. The van der Waals surface area contributed by atoms with Gasteiger partial charge in [-0.2, -0.15) is 0 Å². The molecule has 0 heterocycles. The first kappa shape index (κ1) is 22.6. The summed E-state index contributed by atoms with van der Waals surface area (Å²) in [5.74, 6) is 0. The highest BCUT2D eigenvalue weighted by atomic mass is 79.9. The van der Waals surface area contributed by atoms with E-state index >= 15 is 0 Å². The van der Waals surface area contributed by atoms with Gasteiger partial charge in [-0.1, -0.05) is 40.0 Å². The Morgan fingerprint density at radius 2 is 1.11 bits per heavy atom. The number of halogens is 2. The quantitative estimate of drug-likeness (QED) is 0.275. The molecule has 0 aromatic heterocycles. The summed E-state index contributed by atoms with van der Waals surface area (Å²) in [5, 5.41) is 0. The second-order valence-electron chi connectivity index (χ2n) is 5.53. The molecule has 0 aliphatic heterocycles. The third-order valence-corrected chi connectivity index (χ3v) is 9.32. The van der Waals surface area contributed by atoms with Crippen LogP contribution in [0.3, 0.4) is 0 Å². The standard InChI is InChI=1S/C15H34BrNP.BrH/c1-4-7-12-18(13-8-5-2,14-9-6-3)15-10-11-17-16;/h17H,4-15H2,1-3H3;1H/q+1;/p-1. The summed E-state index contributed by atoms with van der Waals surface area (Å²) in [6.45, 7) is 8.16. The highest BCUT2D eigenvalue weighted by Crippen LogP contribution is 2.61. The first-order valence-electron chi connectivity index (χ1n) is 7.93. The highest BCUT2D eigenvalue weighted by Gasteiger charge is 2.34. The summed E-state index contributed by atoms with van der Waals surface area (Å²) in [5.41, 5.74) is 0. The van der Waals surface area contributed by atoms with Gasteiger partial charge in [0.25, 0.3) is 0 Å². The number of hydrogen-bond donors (Lipinski definition) is 1. The second kappa shape index (κ2) is 15.7. The van der Waals surface area contributed by atoms with E-state index in [0.717, 1.165) is 6.54 Å². The van der Waals surface area contributed by atoms with Gasteiger partial charge in [-0.3, -0.25) is 4.34 Å². The van der Waals surface area contributed by atoms with E-state index in [1.54, 1.807) is 18.5 Å². The molecule has 0 fully saturated rings. The maximum atomic E-state index is 3.34. The van der Waals surface area contributed by atoms with E-state index in [9.17, 15) is 0 Å². The van der Waals surface area contributed by atoms with Crippen molar-refractivity contribution in [2.45, 2.75) is 65.7 Å². The minimum atomic E-state index is -0.636. The van der Waals surface area contributed by atoms with Crippen LogP contribution in [0.2, 0.25) is 0 Å². The molecule has 0 spiro atoms. The fourth-order valence-electron chi connectivity index (χ4n) is 2.63. The maximum Gasteiger partial charge on any atom is 0.0606 e. The van der Waals surface area contributed by atoms with E-state index in [1.165, 1.54) is 51.1 Å². The Hall–Kier alpha value is 1.35. The lowest BCUT2D eigenvalue weighted by Gasteiger charge is -2.28. The Kier molecular flexibility index (Phi) is 18.7. The molecule has 19 heavy (non-hydrogen) atoms. The average molecular weight is 419 g/mol. The molecule has 0 rings (SSSR count). The zero-order valence-corrected chi connectivity index (χ0v) is 17.3. The van der Waals surface area contributed by atoms with Crippen LogP contribution < -0.4 is 21.3 Å². The summed E-state index contributed by atoms with van der Waals surface area (Å²) >= 11 is 3.34. The van der Waals surface area contributed by atoms with Crippen LogP contribution in [0.15, 0.2) is 0 Å². The third kappa shape index (κ3) is 11.7. The molecule has 0 radical (unpaired) electrons. The zero-order valence-electron chi connectivity index (χ0n) is 13.2. The van der Waals surface area contributed by atoms with Gasteiger partial charge >= 0.3 is 0 Å². The second-order valence-corrected chi connectivity index (χ2v) is 10.6. The van der Waals surface area contributed by atoms with Crippen molar-refractivity contribution in [2.24, 2.45) is 0 Å². The average Bonchev–Trinajstić information content (AvgIpc) is 2.40. The summed E-state index contributed by atoms with van der Waals surface area (Å²) in [6, 6.07) is 0. The predicted molar refractivity (Wildman–Crippen MR) is 92.7 cm³/mol. The monoisotopic (exact) mass is 417 g/mol. The highest BCUT2D eigenvalue weighted by molar-refractivity contribution is 9.08. The van der Waals surface area contributed by atoms with Gasteiger partial charge in [0.05, 0.1) is 24.6 Å². The van der Waals surface area contributed by atoms with Crippen molar-refractivity contribution in [1.29, 1.82) is 0 Å². The molecule has 1 nitrogen and oxygen atoms in total. The lowest BCUT2D eigenvalue weighted by Crippen LogP contribution is -3.00. The molecule has 0 unspecified atom stereocenters. The lowest BCUT2D eigenvalue weighted by atomic mass is 10.4. The van der Waals surface area contributed by atoms with Crippen molar-refractivity contribution < 1.29 is 17.0 Å². The van der Waals surface area contributed by atoms with Gasteiger partial charge in [-0.15, -0.1) is 0 Å². The van der Waals surface area contributed by atoms with Crippen molar-refractivity contribution in [3.8, 4) is 0 Å². The van der Waals surface area contributed by atoms with Crippen LogP contribution in [0.1, 0.15) is 65.7 Å². The Morgan fingerprint density at radius 1 is 0.737 bits per heavy atom. The van der Waals surface area contributed by atoms with Crippen LogP contribution in [0.4, 0.5) is 0 Å². The van der Waals surface area contributed by atoms with Crippen LogP contribution in [-0.2, 0) is 0 Å². The normalized spacial score (nSPS) is 11.4. The molecule has 0 aliphatic carbocycles. The van der Waals surface area contributed by atoms with E-state index in [4.69, 9.17) is 0 Å². The molecule has 0 aromatic carbocycles. The Balaban J connectivity index is 0.